The average Bonchev–Trinajstić information content (AvgIpc) is 2.90. The molecule has 1 saturated carbocycles. The number of benzene rings is 1. The number of sulfone groups is 1. The number of piperidine rings is 1. The lowest BCUT2D eigenvalue weighted by Crippen LogP contribution is -2.44. The van der Waals surface area contributed by atoms with Crippen LogP contribution in [0, 0.1) is 17.8 Å². The standard InChI is InChI=1S/C27H34N2O6S/c1-3-35-27(31)25-17-23(36(32,33)22-6-4-21(34-2)5-7-22)18-26(30)24(25)16-19-10-14-29(15-11-19)20-8-12-28-13-9-20/h4-9,12-13,19,23-25H,3,10-11,14-18H2,1-2H3/t23?,24?,25-/m0/s1. The van der Waals surface area contributed by atoms with Crippen LogP contribution in [0.2, 0.25) is 0 Å². The number of hydrogen-bond donors (Lipinski definition) is 0. The molecule has 2 aromatic rings. The van der Waals surface area contributed by atoms with Crippen LogP contribution in [0.25, 0.3) is 0 Å². The normalized spacial score (nSPS) is 23.3. The number of methoxy groups -OCH3 is 1. The summed E-state index contributed by atoms with van der Waals surface area (Å²) in [6, 6.07) is 10.1. The van der Waals surface area contributed by atoms with Gasteiger partial charge in [0.1, 0.15) is 11.5 Å². The van der Waals surface area contributed by atoms with Crippen LogP contribution in [0.15, 0.2) is 53.7 Å². The second-order valence-corrected chi connectivity index (χ2v) is 11.8. The van der Waals surface area contributed by atoms with E-state index in [9.17, 15) is 18.0 Å². The molecular weight excluding hydrogens is 480 g/mol. The average molecular weight is 515 g/mol. The maximum Gasteiger partial charge on any atom is 0.309 e. The van der Waals surface area contributed by atoms with Gasteiger partial charge in [-0.15, -0.1) is 0 Å². The predicted molar refractivity (Wildman–Crippen MR) is 136 cm³/mol. The molecule has 0 spiro atoms. The van der Waals surface area contributed by atoms with Crippen LogP contribution in [0.3, 0.4) is 0 Å². The van der Waals surface area contributed by atoms with Crippen molar-refractivity contribution in [2.75, 3.05) is 31.7 Å². The Morgan fingerprint density at radius 2 is 1.75 bits per heavy atom. The number of Topliss-reactive ketones (excluding diaryl/α,β-unsaturated/α-hetero) is 1. The monoisotopic (exact) mass is 514 g/mol. The van der Waals surface area contributed by atoms with Crippen LogP contribution in [0.5, 0.6) is 5.75 Å². The third-order valence-corrected chi connectivity index (χ3v) is 9.66. The number of anilines is 1. The number of esters is 1. The van der Waals surface area contributed by atoms with E-state index in [1.165, 1.54) is 19.2 Å². The van der Waals surface area contributed by atoms with Gasteiger partial charge in [0.05, 0.1) is 29.8 Å². The minimum atomic E-state index is -3.79. The summed E-state index contributed by atoms with van der Waals surface area (Å²) < 4.78 is 37.2. The summed E-state index contributed by atoms with van der Waals surface area (Å²) in [6.45, 7) is 3.65. The highest BCUT2D eigenvalue weighted by molar-refractivity contribution is 7.92. The Bertz CT molecular complexity index is 1140. The zero-order chi connectivity index (χ0) is 25.7. The van der Waals surface area contributed by atoms with Gasteiger partial charge in [0, 0.05) is 43.5 Å². The van der Waals surface area contributed by atoms with Crippen molar-refractivity contribution in [3.05, 3.63) is 48.8 Å². The zero-order valence-corrected chi connectivity index (χ0v) is 21.7. The number of rotatable bonds is 8. The van der Waals surface area contributed by atoms with Crippen LogP contribution >= 0.6 is 0 Å². The Balaban J connectivity index is 1.47. The van der Waals surface area contributed by atoms with Gasteiger partial charge >= 0.3 is 5.97 Å². The molecule has 0 bridgehead atoms. The molecule has 4 rings (SSSR count). The van der Waals surface area contributed by atoms with Crippen molar-refractivity contribution >= 4 is 27.3 Å². The first-order chi connectivity index (χ1) is 17.3. The molecule has 1 aromatic carbocycles. The number of pyridine rings is 1. The lowest BCUT2D eigenvalue weighted by atomic mass is 9.72. The van der Waals surface area contributed by atoms with E-state index in [4.69, 9.17) is 9.47 Å². The second-order valence-electron chi connectivity index (χ2n) is 9.59. The molecule has 194 valence electrons. The molecule has 2 heterocycles. The second kappa shape index (κ2) is 11.4. The Morgan fingerprint density at radius 3 is 2.36 bits per heavy atom. The Hall–Kier alpha value is -2.94. The number of aromatic nitrogens is 1. The number of hydrogen-bond acceptors (Lipinski definition) is 8. The van der Waals surface area contributed by atoms with Gasteiger partial charge in [-0.3, -0.25) is 14.6 Å². The van der Waals surface area contributed by atoms with Crippen LogP contribution in [0.1, 0.15) is 39.0 Å². The fraction of sp³-hybridized carbons (Fsp3) is 0.519. The summed E-state index contributed by atoms with van der Waals surface area (Å²) in [4.78, 5) is 32.8. The Kier molecular flexibility index (Phi) is 8.28. The zero-order valence-electron chi connectivity index (χ0n) is 20.8. The van der Waals surface area contributed by atoms with Gasteiger partial charge in [0.2, 0.25) is 0 Å². The maximum atomic E-state index is 13.4. The number of carbonyl (C=O) groups excluding carboxylic acids is 2. The topological polar surface area (TPSA) is 103 Å². The Labute approximate surface area is 212 Å². The van der Waals surface area contributed by atoms with E-state index >= 15 is 0 Å². The smallest absolute Gasteiger partial charge is 0.309 e. The van der Waals surface area contributed by atoms with Crippen LogP contribution in [-0.4, -0.2) is 57.2 Å². The minimum Gasteiger partial charge on any atom is -0.497 e. The molecule has 0 N–H and O–H groups in total. The highest BCUT2D eigenvalue weighted by Crippen LogP contribution is 2.40. The summed E-state index contributed by atoms with van der Waals surface area (Å²) in [7, 11) is -2.28. The third-order valence-electron chi connectivity index (χ3n) is 7.49. The number of ketones is 1. The van der Waals surface area contributed by atoms with E-state index in [1.54, 1.807) is 31.5 Å². The van der Waals surface area contributed by atoms with Gasteiger partial charge < -0.3 is 14.4 Å². The number of ether oxygens (including phenoxy) is 2. The van der Waals surface area contributed by atoms with Gasteiger partial charge in [-0.05, 0) is 74.9 Å². The molecule has 9 heteroatoms. The van der Waals surface area contributed by atoms with E-state index < -0.39 is 32.9 Å². The first-order valence-corrected chi connectivity index (χ1v) is 14.1. The van der Waals surface area contributed by atoms with Crippen LogP contribution in [-0.2, 0) is 24.2 Å². The molecule has 2 fully saturated rings. The molecule has 8 nitrogen and oxygen atoms in total. The van der Waals surface area contributed by atoms with E-state index in [0.717, 1.165) is 31.6 Å². The fourth-order valence-electron chi connectivity index (χ4n) is 5.47. The molecule has 3 atom stereocenters. The van der Waals surface area contributed by atoms with Gasteiger partial charge in [-0.25, -0.2) is 8.42 Å². The summed E-state index contributed by atoms with van der Waals surface area (Å²) in [5.41, 5.74) is 1.13. The van der Waals surface area contributed by atoms with Crippen molar-refractivity contribution in [2.24, 2.45) is 17.8 Å². The van der Waals surface area contributed by atoms with Gasteiger partial charge in [0.25, 0.3) is 0 Å². The van der Waals surface area contributed by atoms with Gasteiger partial charge in [-0.1, -0.05) is 0 Å². The highest BCUT2D eigenvalue weighted by Gasteiger charge is 2.46. The van der Waals surface area contributed by atoms with Crippen LogP contribution < -0.4 is 9.64 Å². The molecule has 0 radical (unpaired) electrons. The van der Waals surface area contributed by atoms with Crippen molar-refractivity contribution in [3.63, 3.8) is 0 Å². The van der Waals surface area contributed by atoms with Crippen molar-refractivity contribution in [3.8, 4) is 5.75 Å². The highest BCUT2D eigenvalue weighted by atomic mass is 32.2. The molecule has 1 aliphatic heterocycles. The first kappa shape index (κ1) is 26.1. The van der Waals surface area contributed by atoms with Crippen molar-refractivity contribution in [1.82, 2.24) is 4.98 Å². The predicted octanol–water partition coefficient (Wildman–Crippen LogP) is 3.70. The molecule has 36 heavy (non-hydrogen) atoms. The number of carbonyl (C=O) groups is 2. The molecule has 1 aromatic heterocycles. The molecule has 1 aliphatic carbocycles. The molecule has 0 amide bonds. The molecule has 2 unspecified atom stereocenters. The number of nitrogens with zero attached hydrogens (tertiary/aromatic N) is 2. The summed E-state index contributed by atoms with van der Waals surface area (Å²) in [5.74, 6) is -1.04. The fourth-order valence-corrected chi connectivity index (χ4v) is 7.22. The third kappa shape index (κ3) is 5.72. The van der Waals surface area contributed by atoms with Crippen LogP contribution in [0.4, 0.5) is 5.69 Å². The van der Waals surface area contributed by atoms with E-state index in [1.807, 2.05) is 12.1 Å². The quantitative estimate of drug-likeness (QED) is 0.492. The lowest BCUT2D eigenvalue weighted by Gasteiger charge is -2.38. The van der Waals surface area contributed by atoms with Crippen molar-refractivity contribution in [1.29, 1.82) is 0 Å². The summed E-state index contributed by atoms with van der Waals surface area (Å²) in [6.07, 6.45) is 5.99. The molecular formula is C27H34N2O6S. The maximum absolute atomic E-state index is 13.4. The Morgan fingerprint density at radius 1 is 1.08 bits per heavy atom. The molecule has 1 saturated heterocycles. The first-order valence-electron chi connectivity index (χ1n) is 12.6. The molecule has 2 aliphatic rings. The summed E-state index contributed by atoms with van der Waals surface area (Å²) in [5, 5.41) is -0.947. The van der Waals surface area contributed by atoms with Crippen molar-refractivity contribution < 1.29 is 27.5 Å². The van der Waals surface area contributed by atoms with E-state index in [2.05, 4.69) is 9.88 Å². The van der Waals surface area contributed by atoms with Gasteiger partial charge in [-0.2, -0.15) is 0 Å². The van der Waals surface area contributed by atoms with E-state index in [-0.39, 0.29) is 30.1 Å². The van der Waals surface area contributed by atoms with Crippen molar-refractivity contribution in [2.45, 2.75) is 49.2 Å². The van der Waals surface area contributed by atoms with E-state index in [0.29, 0.717) is 18.1 Å². The summed E-state index contributed by atoms with van der Waals surface area (Å²) >= 11 is 0. The minimum absolute atomic E-state index is 0.0786. The van der Waals surface area contributed by atoms with Gasteiger partial charge in [0.15, 0.2) is 9.84 Å². The SMILES string of the molecule is CCOC(=O)[C@H]1CC(S(=O)(=O)c2ccc(OC)cc2)CC(=O)C1CC1CCN(c2ccncc2)CC1. The largest absolute Gasteiger partial charge is 0.497 e. The lowest BCUT2D eigenvalue weighted by molar-refractivity contribution is -0.154.